The van der Waals surface area contributed by atoms with Gasteiger partial charge >= 0.3 is 0 Å². The molecule has 0 N–H and O–H groups in total. The van der Waals surface area contributed by atoms with Gasteiger partial charge in [0.05, 0.1) is 11.8 Å². The Labute approximate surface area is 121 Å². The van der Waals surface area contributed by atoms with Gasteiger partial charge in [-0.15, -0.1) is 6.42 Å². The molecule has 0 aromatic rings. The lowest BCUT2D eigenvalue weighted by Gasteiger charge is -2.33. The van der Waals surface area contributed by atoms with Crippen LogP contribution in [-0.2, 0) is 14.6 Å². The van der Waals surface area contributed by atoms with E-state index in [0.29, 0.717) is 32.5 Å². The molecule has 1 heterocycles. The molecule has 0 bridgehead atoms. The summed E-state index contributed by atoms with van der Waals surface area (Å²) in [7, 11) is -3.27. The Morgan fingerprint density at radius 2 is 1.75 bits per heavy atom. The number of sulfone groups is 1. The van der Waals surface area contributed by atoms with E-state index in [0.717, 1.165) is 25.9 Å². The average Bonchev–Trinajstić information content (AvgIpc) is 2.94. The van der Waals surface area contributed by atoms with Crippen LogP contribution in [0.1, 0.15) is 25.7 Å². The van der Waals surface area contributed by atoms with Crippen molar-refractivity contribution in [2.45, 2.75) is 30.9 Å². The summed E-state index contributed by atoms with van der Waals surface area (Å²) < 4.78 is 24.3. The highest BCUT2D eigenvalue weighted by atomic mass is 32.2. The van der Waals surface area contributed by atoms with E-state index >= 15 is 0 Å². The van der Waals surface area contributed by atoms with E-state index < -0.39 is 9.84 Å². The Hall–Kier alpha value is -1.06. The van der Waals surface area contributed by atoms with Crippen LogP contribution >= 0.6 is 0 Å². The van der Waals surface area contributed by atoms with Crippen LogP contribution in [0.3, 0.4) is 0 Å². The quantitative estimate of drug-likeness (QED) is 0.692. The van der Waals surface area contributed by atoms with Crippen LogP contribution in [0.25, 0.3) is 0 Å². The van der Waals surface area contributed by atoms with Crippen LogP contribution in [0, 0.1) is 12.3 Å². The van der Waals surface area contributed by atoms with Gasteiger partial charge in [0.25, 0.3) is 0 Å². The van der Waals surface area contributed by atoms with E-state index in [1.807, 2.05) is 0 Å². The van der Waals surface area contributed by atoms with Crippen molar-refractivity contribution in [3.63, 3.8) is 0 Å². The van der Waals surface area contributed by atoms with Crippen molar-refractivity contribution in [2.24, 2.45) is 0 Å². The van der Waals surface area contributed by atoms with E-state index in [2.05, 4.69) is 10.8 Å². The molecule has 1 saturated heterocycles. The van der Waals surface area contributed by atoms with Gasteiger partial charge in [0.2, 0.25) is 5.91 Å². The molecule has 0 radical (unpaired) electrons. The maximum absolute atomic E-state index is 12.2. The lowest BCUT2D eigenvalue weighted by Crippen LogP contribution is -2.50. The first-order chi connectivity index (χ1) is 9.53. The van der Waals surface area contributed by atoms with Crippen molar-refractivity contribution in [1.82, 2.24) is 9.80 Å². The number of nitrogens with zero attached hydrogens (tertiary/aromatic N) is 2. The van der Waals surface area contributed by atoms with Crippen molar-refractivity contribution in [2.75, 3.05) is 38.5 Å². The lowest BCUT2D eigenvalue weighted by atomic mass is 10.3. The molecule has 2 fully saturated rings. The molecule has 0 spiro atoms. The summed E-state index contributed by atoms with van der Waals surface area (Å²) in [6.07, 6.45) is 8.61. The molecule has 0 aromatic carbocycles. The van der Waals surface area contributed by atoms with Crippen LogP contribution in [0.15, 0.2) is 0 Å². The molecule has 0 unspecified atom stereocenters. The summed E-state index contributed by atoms with van der Waals surface area (Å²) in [6.45, 7) is 3.17. The van der Waals surface area contributed by atoms with Crippen LogP contribution < -0.4 is 0 Å². The predicted octanol–water partition coefficient (Wildman–Crippen LogP) is 0.121. The Morgan fingerprint density at radius 1 is 1.15 bits per heavy atom. The molecule has 0 atom stereocenters. The van der Waals surface area contributed by atoms with Gasteiger partial charge in [-0.1, -0.05) is 18.8 Å². The monoisotopic (exact) mass is 298 g/mol. The number of carbonyl (C=O) groups is 1. The Morgan fingerprint density at radius 3 is 2.30 bits per heavy atom. The number of hydrogen-bond acceptors (Lipinski definition) is 4. The Balaban J connectivity index is 1.85. The van der Waals surface area contributed by atoms with Crippen molar-refractivity contribution in [3.8, 4) is 12.3 Å². The topological polar surface area (TPSA) is 57.7 Å². The second-order valence-electron chi connectivity index (χ2n) is 5.57. The SMILES string of the molecule is C#CCN1CCN(C(=O)CS(=O)(=O)C2CCCC2)CC1. The molecule has 1 aliphatic carbocycles. The van der Waals surface area contributed by atoms with Gasteiger partial charge in [-0.3, -0.25) is 9.69 Å². The second kappa shape index (κ2) is 6.59. The molecule has 0 aromatic heterocycles. The molecule has 1 saturated carbocycles. The van der Waals surface area contributed by atoms with Gasteiger partial charge in [0, 0.05) is 26.2 Å². The normalized spacial score (nSPS) is 21.9. The lowest BCUT2D eigenvalue weighted by molar-refractivity contribution is -0.130. The van der Waals surface area contributed by atoms with Crippen molar-refractivity contribution in [1.29, 1.82) is 0 Å². The third-order valence-corrected chi connectivity index (χ3v) is 6.31. The molecule has 1 aliphatic heterocycles. The number of rotatable bonds is 4. The van der Waals surface area contributed by atoms with Crippen LogP contribution in [-0.4, -0.2) is 67.9 Å². The third kappa shape index (κ3) is 3.74. The van der Waals surface area contributed by atoms with Crippen LogP contribution in [0.5, 0.6) is 0 Å². The van der Waals surface area contributed by atoms with E-state index in [-0.39, 0.29) is 16.9 Å². The summed E-state index contributed by atoms with van der Waals surface area (Å²) in [6, 6.07) is 0. The minimum atomic E-state index is -3.27. The molecule has 20 heavy (non-hydrogen) atoms. The van der Waals surface area contributed by atoms with Crippen molar-refractivity contribution in [3.05, 3.63) is 0 Å². The summed E-state index contributed by atoms with van der Waals surface area (Å²) >= 11 is 0. The molecule has 6 heteroatoms. The number of piperazine rings is 1. The molecule has 1 amide bonds. The zero-order chi connectivity index (χ0) is 14.6. The predicted molar refractivity (Wildman–Crippen MR) is 77.9 cm³/mol. The van der Waals surface area contributed by atoms with E-state index in [9.17, 15) is 13.2 Å². The van der Waals surface area contributed by atoms with Crippen molar-refractivity contribution >= 4 is 15.7 Å². The molecular formula is C14H22N2O3S. The number of terminal acetylenes is 1. The largest absolute Gasteiger partial charge is 0.339 e. The zero-order valence-corrected chi connectivity index (χ0v) is 12.6. The Kier molecular flexibility index (Phi) is 5.06. The fourth-order valence-corrected chi connectivity index (χ4v) is 4.73. The second-order valence-corrected chi connectivity index (χ2v) is 7.86. The smallest absolute Gasteiger partial charge is 0.237 e. The highest BCUT2D eigenvalue weighted by molar-refractivity contribution is 7.92. The standard InChI is InChI=1S/C14H22N2O3S/c1-2-7-15-8-10-16(11-9-15)14(17)12-20(18,19)13-5-3-4-6-13/h1,13H,3-12H2. The third-order valence-electron chi connectivity index (χ3n) is 4.17. The minimum Gasteiger partial charge on any atom is -0.339 e. The number of carbonyl (C=O) groups excluding carboxylic acids is 1. The molecule has 2 rings (SSSR count). The fraction of sp³-hybridized carbons (Fsp3) is 0.786. The summed E-state index contributed by atoms with van der Waals surface area (Å²) in [4.78, 5) is 15.9. The molecule has 2 aliphatic rings. The van der Waals surface area contributed by atoms with E-state index in [1.54, 1.807) is 4.90 Å². The minimum absolute atomic E-state index is 0.253. The first-order valence-electron chi connectivity index (χ1n) is 7.18. The molecular weight excluding hydrogens is 276 g/mol. The highest BCUT2D eigenvalue weighted by Gasteiger charge is 2.32. The average molecular weight is 298 g/mol. The summed E-state index contributed by atoms with van der Waals surface area (Å²) in [5.74, 6) is 2.00. The Bertz CT molecular complexity index is 481. The number of amides is 1. The first kappa shape index (κ1) is 15.3. The maximum Gasteiger partial charge on any atom is 0.237 e. The van der Waals surface area contributed by atoms with Gasteiger partial charge in [0.1, 0.15) is 5.75 Å². The van der Waals surface area contributed by atoms with Gasteiger partial charge in [-0.2, -0.15) is 0 Å². The van der Waals surface area contributed by atoms with Gasteiger partial charge < -0.3 is 4.90 Å². The molecule has 5 nitrogen and oxygen atoms in total. The summed E-state index contributed by atoms with van der Waals surface area (Å²) in [5, 5.41) is -0.297. The van der Waals surface area contributed by atoms with E-state index in [1.165, 1.54) is 0 Å². The number of hydrogen-bond donors (Lipinski definition) is 0. The fourth-order valence-electron chi connectivity index (χ4n) is 2.91. The maximum atomic E-state index is 12.2. The summed E-state index contributed by atoms with van der Waals surface area (Å²) in [5.41, 5.74) is 0. The van der Waals surface area contributed by atoms with Crippen molar-refractivity contribution < 1.29 is 13.2 Å². The van der Waals surface area contributed by atoms with Gasteiger partial charge in [0.15, 0.2) is 9.84 Å². The van der Waals surface area contributed by atoms with Crippen LogP contribution in [0.4, 0.5) is 0 Å². The molecule has 112 valence electrons. The van der Waals surface area contributed by atoms with Gasteiger partial charge in [-0.05, 0) is 12.8 Å². The van der Waals surface area contributed by atoms with E-state index in [4.69, 9.17) is 6.42 Å². The van der Waals surface area contributed by atoms with Crippen LogP contribution in [0.2, 0.25) is 0 Å². The zero-order valence-electron chi connectivity index (χ0n) is 11.8. The highest BCUT2D eigenvalue weighted by Crippen LogP contribution is 2.25. The first-order valence-corrected chi connectivity index (χ1v) is 8.89. The van der Waals surface area contributed by atoms with Gasteiger partial charge in [-0.25, -0.2) is 8.42 Å².